The quantitative estimate of drug-likeness (QED) is 0.159. The molecule has 3 aliphatic rings. The van der Waals surface area contributed by atoms with Crippen molar-refractivity contribution in [3.05, 3.63) is 22.3 Å². The molecule has 31 heavy (non-hydrogen) atoms. The first-order valence-corrected chi connectivity index (χ1v) is 11.6. The predicted molar refractivity (Wildman–Crippen MR) is 114 cm³/mol. The fourth-order valence-corrected chi connectivity index (χ4v) is 5.91. The molecule has 0 spiro atoms. The second-order valence-corrected chi connectivity index (χ2v) is 9.37. The Balaban J connectivity index is 1.44. The molecule has 13 nitrogen and oxygen atoms in total. The van der Waals surface area contributed by atoms with E-state index in [0.29, 0.717) is 17.1 Å². The molecule has 1 aromatic rings. The van der Waals surface area contributed by atoms with Crippen LogP contribution in [0, 0.1) is 0 Å². The Hall–Kier alpha value is -2.82. The van der Waals surface area contributed by atoms with E-state index in [2.05, 4.69) is 20.9 Å². The number of aliphatic carboxylic acids is 1. The summed E-state index contributed by atoms with van der Waals surface area (Å²) in [4.78, 5) is 53.9. The number of aromatic nitrogens is 1. The molecule has 1 aromatic heterocycles. The monoisotopic (exact) mass is 484 g/mol. The fourth-order valence-electron chi connectivity index (χ4n) is 3.04. The molecule has 3 aliphatic heterocycles. The van der Waals surface area contributed by atoms with Crippen LogP contribution in [-0.2, 0) is 14.4 Å². The molecule has 4 rings (SSSR count). The molecule has 0 saturated carbocycles. The van der Waals surface area contributed by atoms with E-state index in [1.165, 1.54) is 29.1 Å². The Morgan fingerprint density at radius 3 is 2.84 bits per heavy atom. The molecule has 4 heterocycles. The standard InChI is InChI=1S/C15H16N8O5S3/c1-21-5-17-20-23(21)31-3-6-2-29-13-8(12(26)22(13)9(6)14(27)28)19-11(25)10(24)7-4-30-15(16)18-7/h4-5,8,13,20H,2-3H2,1H3,(H2,16,18)(H,19,25)(H,27,28)/t8?,13-/m0/s1. The predicted octanol–water partition coefficient (Wildman–Crippen LogP) is -1.09. The number of hydrogen-bond acceptors (Lipinski definition) is 13. The number of nitrogens with one attached hydrogen (secondary N) is 2. The number of carboxylic acids is 1. The van der Waals surface area contributed by atoms with E-state index in [1.54, 1.807) is 22.9 Å². The average molecular weight is 485 g/mol. The third kappa shape index (κ3) is 3.93. The van der Waals surface area contributed by atoms with Gasteiger partial charge in [0, 0.05) is 23.9 Å². The van der Waals surface area contributed by atoms with Crippen molar-refractivity contribution in [3.63, 3.8) is 0 Å². The van der Waals surface area contributed by atoms with Gasteiger partial charge in [-0.15, -0.1) is 23.1 Å². The van der Waals surface area contributed by atoms with E-state index in [4.69, 9.17) is 5.73 Å². The van der Waals surface area contributed by atoms with Gasteiger partial charge in [-0.3, -0.25) is 24.3 Å². The number of ketones is 1. The van der Waals surface area contributed by atoms with Crippen molar-refractivity contribution in [2.45, 2.75) is 11.4 Å². The van der Waals surface area contributed by atoms with Gasteiger partial charge in [0.2, 0.25) is 0 Å². The molecular weight excluding hydrogens is 468 g/mol. The third-order valence-electron chi connectivity index (χ3n) is 4.51. The number of amides is 2. The van der Waals surface area contributed by atoms with Gasteiger partial charge < -0.3 is 16.2 Å². The summed E-state index contributed by atoms with van der Waals surface area (Å²) >= 11 is 3.62. The summed E-state index contributed by atoms with van der Waals surface area (Å²) in [5.74, 6) is -3.05. The molecule has 16 heteroatoms. The van der Waals surface area contributed by atoms with Crippen molar-refractivity contribution in [2.75, 3.05) is 24.3 Å². The van der Waals surface area contributed by atoms with Crippen LogP contribution in [0.2, 0.25) is 0 Å². The molecule has 2 amide bonds. The van der Waals surface area contributed by atoms with Crippen LogP contribution in [0.25, 0.3) is 0 Å². The fraction of sp³-hybridized carbons (Fsp3) is 0.333. The Labute approximate surface area is 187 Å². The van der Waals surface area contributed by atoms with Gasteiger partial charge in [0.05, 0.1) is 0 Å². The number of rotatable bonds is 7. The lowest BCUT2D eigenvalue weighted by Gasteiger charge is -2.49. The molecule has 1 unspecified atom stereocenters. The zero-order valence-electron chi connectivity index (χ0n) is 15.8. The molecule has 164 valence electrons. The van der Waals surface area contributed by atoms with Crippen molar-refractivity contribution in [1.82, 2.24) is 30.3 Å². The molecule has 1 fully saturated rings. The van der Waals surface area contributed by atoms with Crippen LogP contribution in [0.4, 0.5) is 5.13 Å². The highest BCUT2D eigenvalue weighted by atomic mass is 32.2. The number of hydrazine groups is 2. The lowest BCUT2D eigenvalue weighted by Crippen LogP contribution is -2.71. The second kappa shape index (κ2) is 8.37. The average Bonchev–Trinajstić information content (AvgIpc) is 3.36. The van der Waals surface area contributed by atoms with E-state index >= 15 is 0 Å². The highest BCUT2D eigenvalue weighted by Crippen LogP contribution is 2.41. The number of thiazole rings is 1. The van der Waals surface area contributed by atoms with E-state index in [0.717, 1.165) is 16.2 Å². The zero-order chi connectivity index (χ0) is 22.3. The SMILES string of the molecule is CN1C=NNN1SCC1=C(C(=O)O)N2C(=O)C(NC(=O)C(=O)c3csc(N)n3)[C@@H]2SC1. The minimum Gasteiger partial charge on any atom is -0.477 e. The van der Waals surface area contributed by atoms with Crippen LogP contribution in [0.1, 0.15) is 10.5 Å². The number of carbonyl (C=O) groups excluding carboxylic acids is 3. The zero-order valence-corrected chi connectivity index (χ0v) is 18.3. The van der Waals surface area contributed by atoms with Crippen LogP contribution in [0.3, 0.4) is 0 Å². The maximum absolute atomic E-state index is 12.7. The van der Waals surface area contributed by atoms with Crippen LogP contribution >= 0.6 is 35.0 Å². The summed E-state index contributed by atoms with van der Waals surface area (Å²) in [5.41, 5.74) is 8.56. The summed E-state index contributed by atoms with van der Waals surface area (Å²) < 4.78 is 1.61. The molecular formula is C15H16N8O5S3. The molecule has 2 atom stereocenters. The van der Waals surface area contributed by atoms with Gasteiger partial charge in [-0.1, -0.05) is 4.52 Å². The molecule has 0 radical (unpaired) electrons. The summed E-state index contributed by atoms with van der Waals surface area (Å²) in [6.07, 6.45) is 1.55. The molecule has 1 saturated heterocycles. The molecule has 0 bridgehead atoms. The van der Waals surface area contributed by atoms with Crippen molar-refractivity contribution in [1.29, 1.82) is 0 Å². The Morgan fingerprint density at radius 1 is 1.45 bits per heavy atom. The van der Waals surface area contributed by atoms with Crippen molar-refractivity contribution in [2.24, 2.45) is 5.10 Å². The third-order valence-corrected chi connectivity index (χ3v) is 7.59. The van der Waals surface area contributed by atoms with E-state index in [-0.39, 0.29) is 16.5 Å². The Morgan fingerprint density at radius 2 is 2.23 bits per heavy atom. The van der Waals surface area contributed by atoms with Crippen molar-refractivity contribution >= 4 is 70.1 Å². The minimum absolute atomic E-state index is 0.102. The summed E-state index contributed by atoms with van der Waals surface area (Å²) in [6, 6.07) is -0.999. The molecule has 0 aromatic carbocycles. The highest BCUT2D eigenvalue weighted by Gasteiger charge is 2.54. The number of carbonyl (C=O) groups is 4. The van der Waals surface area contributed by atoms with Gasteiger partial charge in [0.15, 0.2) is 5.13 Å². The van der Waals surface area contributed by atoms with Gasteiger partial charge in [0.25, 0.3) is 17.6 Å². The number of nitrogens with two attached hydrogens (primary N) is 1. The Bertz CT molecular complexity index is 1030. The topological polar surface area (TPSA) is 174 Å². The van der Waals surface area contributed by atoms with Crippen LogP contribution < -0.4 is 16.6 Å². The maximum Gasteiger partial charge on any atom is 0.352 e. The number of hydrazone groups is 1. The number of β-lactam (4-membered cyclic amide) rings is 1. The van der Waals surface area contributed by atoms with Gasteiger partial charge in [-0.05, 0) is 17.5 Å². The van der Waals surface area contributed by atoms with Gasteiger partial charge >= 0.3 is 5.97 Å². The number of nitrogens with zero attached hydrogens (tertiary/aromatic N) is 5. The molecule has 5 N–H and O–H groups in total. The van der Waals surface area contributed by atoms with E-state index in [1.807, 2.05) is 0 Å². The first-order valence-electron chi connectivity index (χ1n) is 8.68. The van der Waals surface area contributed by atoms with Crippen LogP contribution in [-0.4, -0.2) is 84.4 Å². The Kier molecular flexibility index (Phi) is 5.78. The molecule has 0 aliphatic carbocycles. The normalized spacial score (nSPS) is 22.8. The first kappa shape index (κ1) is 21.4. The first-order chi connectivity index (χ1) is 14.8. The van der Waals surface area contributed by atoms with E-state index < -0.39 is 35.0 Å². The van der Waals surface area contributed by atoms with Crippen molar-refractivity contribution < 1.29 is 24.3 Å². The van der Waals surface area contributed by atoms with Crippen molar-refractivity contribution in [3.8, 4) is 0 Å². The lowest BCUT2D eigenvalue weighted by molar-refractivity contribution is -0.150. The smallest absolute Gasteiger partial charge is 0.352 e. The highest BCUT2D eigenvalue weighted by molar-refractivity contribution is 8.00. The minimum atomic E-state index is -1.23. The van der Waals surface area contributed by atoms with E-state index in [9.17, 15) is 24.3 Å². The van der Waals surface area contributed by atoms with Crippen LogP contribution in [0.15, 0.2) is 21.8 Å². The van der Waals surface area contributed by atoms with Gasteiger partial charge in [-0.2, -0.15) is 5.10 Å². The number of fused-ring (bicyclic) bond motifs is 1. The summed E-state index contributed by atoms with van der Waals surface area (Å²) in [7, 11) is 1.77. The number of nitrogen functional groups attached to an aromatic ring is 1. The number of thioether (sulfide) groups is 1. The summed E-state index contributed by atoms with van der Waals surface area (Å²) in [5, 5.41) is 18.5. The number of hydrogen-bond donors (Lipinski definition) is 4. The van der Waals surface area contributed by atoms with Gasteiger partial charge in [0.1, 0.15) is 29.1 Å². The number of anilines is 1. The van der Waals surface area contributed by atoms with Crippen LogP contribution in [0.5, 0.6) is 0 Å². The number of carboxylic acid groups (broad SMARTS) is 1. The summed E-state index contributed by atoms with van der Waals surface area (Å²) in [6.45, 7) is 0. The second-order valence-electron chi connectivity index (χ2n) is 6.48. The lowest BCUT2D eigenvalue weighted by atomic mass is 10.0. The largest absolute Gasteiger partial charge is 0.477 e. The van der Waals surface area contributed by atoms with Gasteiger partial charge in [-0.25, -0.2) is 15.3 Å². The maximum atomic E-state index is 12.7. The number of Topliss-reactive ketones (excluding diaryl/α,β-unsaturated/α-hetero) is 1.